The Hall–Kier alpha value is -3.10. The molecule has 2 aromatic carbocycles. The van der Waals surface area contributed by atoms with Gasteiger partial charge in [0.1, 0.15) is 0 Å². The summed E-state index contributed by atoms with van der Waals surface area (Å²) in [6.45, 7) is 4.06. The summed E-state index contributed by atoms with van der Waals surface area (Å²) in [6, 6.07) is 12.9. The quantitative estimate of drug-likeness (QED) is 0.471. The molecule has 1 saturated heterocycles. The van der Waals surface area contributed by atoms with Gasteiger partial charge in [-0.3, -0.25) is 9.69 Å². The van der Waals surface area contributed by atoms with Gasteiger partial charge in [0.2, 0.25) is 5.13 Å². The molecular formula is C21H17N3O3S2. The second-order valence-corrected chi connectivity index (χ2v) is 8.09. The van der Waals surface area contributed by atoms with Crippen LogP contribution in [0.2, 0.25) is 0 Å². The summed E-state index contributed by atoms with van der Waals surface area (Å²) >= 11 is 2.71. The number of benzene rings is 2. The first-order valence-electron chi connectivity index (χ1n) is 8.73. The summed E-state index contributed by atoms with van der Waals surface area (Å²) in [5.74, 6) is 0.140. The van der Waals surface area contributed by atoms with Crippen molar-refractivity contribution in [2.45, 2.75) is 0 Å². The van der Waals surface area contributed by atoms with Crippen molar-refractivity contribution in [2.75, 3.05) is 13.7 Å². The maximum absolute atomic E-state index is 12.9. The van der Waals surface area contributed by atoms with E-state index in [0.717, 1.165) is 10.2 Å². The molecule has 1 aliphatic rings. The Morgan fingerprint density at radius 1 is 1.28 bits per heavy atom. The molecule has 0 bridgehead atoms. The number of thiazole rings is 1. The number of aliphatic imine (C=N–C) groups is 1. The highest BCUT2D eigenvalue weighted by atomic mass is 32.2. The van der Waals surface area contributed by atoms with Crippen molar-refractivity contribution in [1.82, 2.24) is 9.88 Å². The van der Waals surface area contributed by atoms with Gasteiger partial charge in [-0.15, -0.1) is 6.58 Å². The zero-order chi connectivity index (χ0) is 20.4. The first kappa shape index (κ1) is 19.2. The van der Waals surface area contributed by atoms with Crippen molar-refractivity contribution in [3.63, 3.8) is 0 Å². The topological polar surface area (TPSA) is 75.0 Å². The molecule has 1 fully saturated rings. The number of amidine groups is 1. The number of carbonyl (C=O) groups excluding carboxylic acids is 1. The molecule has 3 aromatic rings. The number of hydrogen-bond acceptors (Lipinski definition) is 7. The van der Waals surface area contributed by atoms with Crippen LogP contribution in [0, 0.1) is 0 Å². The van der Waals surface area contributed by atoms with Crippen molar-refractivity contribution < 1.29 is 14.6 Å². The van der Waals surface area contributed by atoms with E-state index in [1.807, 2.05) is 24.3 Å². The van der Waals surface area contributed by atoms with E-state index in [9.17, 15) is 9.90 Å². The Labute approximate surface area is 175 Å². The predicted octanol–water partition coefficient (Wildman–Crippen LogP) is 4.80. The van der Waals surface area contributed by atoms with Crippen LogP contribution < -0.4 is 4.74 Å². The Kier molecular flexibility index (Phi) is 5.37. The van der Waals surface area contributed by atoms with Gasteiger partial charge >= 0.3 is 0 Å². The third-order valence-corrected chi connectivity index (χ3v) is 6.15. The summed E-state index contributed by atoms with van der Waals surface area (Å²) in [5.41, 5.74) is 1.37. The Bertz CT molecular complexity index is 1130. The zero-order valence-electron chi connectivity index (χ0n) is 15.5. The Morgan fingerprint density at radius 2 is 2.10 bits per heavy atom. The number of amides is 1. The van der Waals surface area contributed by atoms with Crippen LogP contribution in [0.1, 0.15) is 5.56 Å². The van der Waals surface area contributed by atoms with Crippen LogP contribution >= 0.6 is 23.1 Å². The highest BCUT2D eigenvalue weighted by molar-refractivity contribution is 8.18. The van der Waals surface area contributed by atoms with Crippen molar-refractivity contribution in [1.29, 1.82) is 0 Å². The number of phenols is 1. The molecule has 0 unspecified atom stereocenters. The Morgan fingerprint density at radius 3 is 2.86 bits per heavy atom. The number of carbonyl (C=O) groups is 1. The summed E-state index contributed by atoms with van der Waals surface area (Å²) in [5, 5.41) is 11.4. The number of para-hydroxylation sites is 2. The molecule has 1 amide bonds. The lowest BCUT2D eigenvalue weighted by molar-refractivity contribution is -0.121. The summed E-state index contributed by atoms with van der Waals surface area (Å²) in [7, 11) is 1.48. The number of rotatable bonds is 5. The number of methoxy groups -OCH3 is 1. The van der Waals surface area contributed by atoms with Crippen molar-refractivity contribution in [2.24, 2.45) is 4.99 Å². The highest BCUT2D eigenvalue weighted by Gasteiger charge is 2.33. The predicted molar refractivity (Wildman–Crippen MR) is 119 cm³/mol. The summed E-state index contributed by atoms with van der Waals surface area (Å²) < 4.78 is 6.18. The van der Waals surface area contributed by atoms with Crippen LogP contribution in [-0.2, 0) is 4.79 Å². The molecule has 0 aliphatic carbocycles. The van der Waals surface area contributed by atoms with E-state index in [-0.39, 0.29) is 11.7 Å². The fourth-order valence-electron chi connectivity index (χ4n) is 2.83. The van der Waals surface area contributed by atoms with E-state index in [2.05, 4.69) is 16.6 Å². The van der Waals surface area contributed by atoms with Crippen LogP contribution in [-0.4, -0.2) is 39.7 Å². The van der Waals surface area contributed by atoms with E-state index in [4.69, 9.17) is 4.74 Å². The standard InChI is InChI=1S/C21H17N3O3S2/c1-3-11-24-19(26)17(12-13-7-6-9-15(27-2)18(13)25)29-21(24)23-20-22-14-8-4-5-10-16(14)28-20/h3-10,12,25H,1,11H2,2H3/b17-12-,23-21-. The SMILES string of the molecule is C=CCN1C(=O)/C(=C/c2cccc(OC)c2O)S/C1=N\c1nc2ccccc2s1. The molecule has 2 heterocycles. The number of ether oxygens (including phenoxy) is 1. The number of nitrogens with zero attached hydrogens (tertiary/aromatic N) is 3. The minimum absolute atomic E-state index is 0.0114. The van der Waals surface area contributed by atoms with Gasteiger partial charge in [-0.25, -0.2) is 4.98 Å². The van der Waals surface area contributed by atoms with E-state index in [0.29, 0.717) is 33.1 Å². The molecule has 6 nitrogen and oxygen atoms in total. The monoisotopic (exact) mass is 423 g/mol. The minimum atomic E-state index is -0.197. The molecule has 0 radical (unpaired) electrons. The number of aromatic nitrogens is 1. The maximum Gasteiger partial charge on any atom is 0.267 e. The van der Waals surface area contributed by atoms with Crippen molar-refractivity contribution in [3.05, 3.63) is 65.6 Å². The van der Waals surface area contributed by atoms with E-state index >= 15 is 0 Å². The van der Waals surface area contributed by atoms with E-state index < -0.39 is 0 Å². The van der Waals surface area contributed by atoms with Gasteiger partial charge in [-0.1, -0.05) is 41.7 Å². The molecule has 1 aliphatic heterocycles. The van der Waals surface area contributed by atoms with Crippen LogP contribution in [0.3, 0.4) is 0 Å². The lowest BCUT2D eigenvalue weighted by atomic mass is 10.1. The number of thioether (sulfide) groups is 1. The Balaban J connectivity index is 1.72. The van der Waals surface area contributed by atoms with Crippen molar-refractivity contribution >= 4 is 55.6 Å². The second kappa shape index (κ2) is 8.10. The van der Waals surface area contributed by atoms with Gasteiger partial charge < -0.3 is 9.84 Å². The summed E-state index contributed by atoms with van der Waals surface area (Å²) in [6.07, 6.45) is 3.29. The average Bonchev–Trinajstić information content (AvgIpc) is 3.25. The molecular weight excluding hydrogens is 406 g/mol. The third-order valence-electron chi connectivity index (χ3n) is 4.21. The molecule has 1 aromatic heterocycles. The lowest BCUT2D eigenvalue weighted by Crippen LogP contribution is -2.29. The third kappa shape index (κ3) is 3.76. The zero-order valence-corrected chi connectivity index (χ0v) is 17.2. The lowest BCUT2D eigenvalue weighted by Gasteiger charge is -2.11. The molecule has 0 spiro atoms. The molecule has 146 valence electrons. The van der Waals surface area contributed by atoms with Crippen LogP contribution in [0.15, 0.2) is 65.0 Å². The second-order valence-electron chi connectivity index (χ2n) is 6.07. The first-order chi connectivity index (χ1) is 14.1. The highest BCUT2D eigenvalue weighted by Crippen LogP contribution is 2.38. The van der Waals surface area contributed by atoms with Gasteiger partial charge in [0.05, 0.1) is 22.2 Å². The van der Waals surface area contributed by atoms with Gasteiger partial charge in [0.25, 0.3) is 5.91 Å². The van der Waals surface area contributed by atoms with Crippen LogP contribution in [0.25, 0.3) is 16.3 Å². The van der Waals surface area contributed by atoms with Gasteiger partial charge in [0.15, 0.2) is 16.7 Å². The van der Waals surface area contributed by atoms with Gasteiger partial charge in [-0.2, -0.15) is 4.99 Å². The molecule has 4 rings (SSSR count). The molecule has 1 N–H and O–H groups in total. The van der Waals surface area contributed by atoms with Gasteiger partial charge in [-0.05, 0) is 36.0 Å². The summed E-state index contributed by atoms with van der Waals surface area (Å²) in [4.78, 5) is 24.0. The molecule has 8 heteroatoms. The average molecular weight is 424 g/mol. The van der Waals surface area contributed by atoms with Crippen molar-refractivity contribution in [3.8, 4) is 11.5 Å². The molecule has 29 heavy (non-hydrogen) atoms. The molecule has 0 atom stereocenters. The number of aromatic hydroxyl groups is 1. The molecule has 0 saturated carbocycles. The van der Waals surface area contributed by atoms with E-state index in [1.54, 1.807) is 35.3 Å². The fraction of sp³-hybridized carbons (Fsp3) is 0.0952. The van der Waals surface area contributed by atoms with E-state index in [1.165, 1.54) is 30.2 Å². The number of hydrogen-bond donors (Lipinski definition) is 1. The van der Waals surface area contributed by atoms with Crippen LogP contribution in [0.4, 0.5) is 5.13 Å². The number of phenolic OH excluding ortho intramolecular Hbond substituents is 1. The fourth-order valence-corrected chi connectivity index (χ4v) is 4.71. The largest absolute Gasteiger partial charge is 0.504 e. The first-order valence-corrected chi connectivity index (χ1v) is 10.4. The normalized spacial score (nSPS) is 16.9. The smallest absolute Gasteiger partial charge is 0.267 e. The van der Waals surface area contributed by atoms with Gasteiger partial charge in [0, 0.05) is 12.1 Å². The maximum atomic E-state index is 12.9. The number of fused-ring (bicyclic) bond motifs is 1. The minimum Gasteiger partial charge on any atom is -0.504 e. The van der Waals surface area contributed by atoms with Crippen LogP contribution in [0.5, 0.6) is 11.5 Å².